The Bertz CT molecular complexity index is 311. The molecule has 128 valence electrons. The Labute approximate surface area is 134 Å². The highest BCUT2D eigenvalue weighted by molar-refractivity contribution is 4.80. The molecule has 3 rings (SSSR count). The third kappa shape index (κ3) is 4.67. The Morgan fingerprint density at radius 3 is 1.95 bits per heavy atom. The SMILES string of the molecule is CC1CCC(C2CCC(CCC3COC(C)OC3)OC2)CO1. The van der Waals surface area contributed by atoms with Crippen molar-refractivity contribution in [2.75, 3.05) is 26.4 Å². The second kappa shape index (κ2) is 8.09. The van der Waals surface area contributed by atoms with Crippen LogP contribution in [-0.2, 0) is 18.9 Å². The fourth-order valence-electron chi connectivity index (χ4n) is 3.93. The number of rotatable bonds is 4. The van der Waals surface area contributed by atoms with E-state index in [2.05, 4.69) is 6.92 Å². The van der Waals surface area contributed by atoms with E-state index in [1.807, 2.05) is 6.92 Å². The van der Waals surface area contributed by atoms with Crippen molar-refractivity contribution in [3.8, 4) is 0 Å². The summed E-state index contributed by atoms with van der Waals surface area (Å²) >= 11 is 0. The fourth-order valence-corrected chi connectivity index (χ4v) is 3.93. The summed E-state index contributed by atoms with van der Waals surface area (Å²) in [5, 5.41) is 0. The van der Waals surface area contributed by atoms with Crippen molar-refractivity contribution in [1.82, 2.24) is 0 Å². The quantitative estimate of drug-likeness (QED) is 0.797. The predicted molar refractivity (Wildman–Crippen MR) is 84.7 cm³/mol. The second-order valence-corrected chi connectivity index (χ2v) is 7.45. The van der Waals surface area contributed by atoms with Crippen LogP contribution in [0.2, 0.25) is 0 Å². The van der Waals surface area contributed by atoms with E-state index in [0.29, 0.717) is 24.0 Å². The summed E-state index contributed by atoms with van der Waals surface area (Å²) in [5.74, 6) is 1.98. The molecule has 3 saturated heterocycles. The van der Waals surface area contributed by atoms with Crippen molar-refractivity contribution in [3.63, 3.8) is 0 Å². The third-order valence-corrected chi connectivity index (χ3v) is 5.64. The van der Waals surface area contributed by atoms with Crippen LogP contribution >= 0.6 is 0 Å². The first-order chi connectivity index (χ1) is 10.7. The van der Waals surface area contributed by atoms with E-state index in [9.17, 15) is 0 Å². The van der Waals surface area contributed by atoms with Crippen molar-refractivity contribution in [2.24, 2.45) is 17.8 Å². The molecule has 0 saturated carbocycles. The molecule has 0 spiro atoms. The van der Waals surface area contributed by atoms with E-state index >= 15 is 0 Å². The van der Waals surface area contributed by atoms with Crippen LogP contribution in [0, 0.1) is 17.8 Å². The molecule has 4 nitrogen and oxygen atoms in total. The molecule has 0 aromatic heterocycles. The summed E-state index contributed by atoms with van der Waals surface area (Å²) in [4.78, 5) is 0. The van der Waals surface area contributed by atoms with Gasteiger partial charge in [-0.1, -0.05) is 0 Å². The molecule has 3 aliphatic rings. The van der Waals surface area contributed by atoms with Crippen molar-refractivity contribution in [2.45, 2.75) is 70.9 Å². The molecule has 0 amide bonds. The molecular formula is C18H32O4. The standard InChI is InChI=1S/C18H32O4/c1-13-3-5-16(11-19-13)17-6-8-18(22-12-17)7-4-15-9-20-14(2)21-10-15/h13-18H,3-12H2,1-2H3. The van der Waals surface area contributed by atoms with Gasteiger partial charge in [-0.05, 0) is 64.2 Å². The summed E-state index contributed by atoms with van der Waals surface area (Å²) in [7, 11) is 0. The van der Waals surface area contributed by atoms with Gasteiger partial charge in [-0.3, -0.25) is 0 Å². The van der Waals surface area contributed by atoms with Gasteiger partial charge in [-0.2, -0.15) is 0 Å². The van der Waals surface area contributed by atoms with Crippen LogP contribution in [0.1, 0.15) is 52.4 Å². The largest absolute Gasteiger partial charge is 0.378 e. The lowest BCUT2D eigenvalue weighted by molar-refractivity contribution is -0.192. The highest BCUT2D eigenvalue weighted by Gasteiger charge is 2.31. The molecule has 0 N–H and O–H groups in total. The summed E-state index contributed by atoms with van der Waals surface area (Å²) in [5.41, 5.74) is 0. The van der Waals surface area contributed by atoms with Crippen LogP contribution < -0.4 is 0 Å². The fraction of sp³-hybridized carbons (Fsp3) is 1.00. The van der Waals surface area contributed by atoms with E-state index in [4.69, 9.17) is 18.9 Å². The molecule has 4 atom stereocenters. The van der Waals surface area contributed by atoms with Crippen LogP contribution in [0.5, 0.6) is 0 Å². The summed E-state index contributed by atoms with van der Waals surface area (Å²) in [6, 6.07) is 0. The van der Waals surface area contributed by atoms with Crippen molar-refractivity contribution in [1.29, 1.82) is 0 Å². The van der Waals surface area contributed by atoms with E-state index in [1.165, 1.54) is 25.7 Å². The zero-order valence-electron chi connectivity index (χ0n) is 14.2. The smallest absolute Gasteiger partial charge is 0.154 e. The maximum Gasteiger partial charge on any atom is 0.154 e. The van der Waals surface area contributed by atoms with Gasteiger partial charge in [0.15, 0.2) is 6.29 Å². The Morgan fingerprint density at radius 2 is 1.36 bits per heavy atom. The van der Waals surface area contributed by atoms with Crippen LogP contribution in [0.4, 0.5) is 0 Å². The minimum absolute atomic E-state index is 0.0247. The third-order valence-electron chi connectivity index (χ3n) is 5.64. The van der Waals surface area contributed by atoms with Crippen molar-refractivity contribution >= 4 is 0 Å². The second-order valence-electron chi connectivity index (χ2n) is 7.45. The molecule has 4 unspecified atom stereocenters. The van der Waals surface area contributed by atoms with Gasteiger partial charge in [0.1, 0.15) is 0 Å². The minimum atomic E-state index is -0.0247. The molecule has 3 aliphatic heterocycles. The van der Waals surface area contributed by atoms with Crippen molar-refractivity contribution in [3.05, 3.63) is 0 Å². The molecular weight excluding hydrogens is 280 g/mol. The topological polar surface area (TPSA) is 36.9 Å². The Balaban J connectivity index is 1.32. The number of ether oxygens (including phenoxy) is 4. The van der Waals surface area contributed by atoms with Crippen LogP contribution in [-0.4, -0.2) is 44.9 Å². The van der Waals surface area contributed by atoms with Gasteiger partial charge in [-0.25, -0.2) is 0 Å². The predicted octanol–water partition coefficient (Wildman–Crippen LogP) is 3.39. The maximum atomic E-state index is 6.15. The van der Waals surface area contributed by atoms with Gasteiger partial charge in [0.25, 0.3) is 0 Å². The number of hydrogen-bond acceptors (Lipinski definition) is 4. The zero-order chi connectivity index (χ0) is 15.4. The van der Waals surface area contributed by atoms with Gasteiger partial charge in [0, 0.05) is 5.92 Å². The lowest BCUT2D eigenvalue weighted by Gasteiger charge is -2.37. The maximum absolute atomic E-state index is 6.15. The molecule has 3 fully saturated rings. The lowest BCUT2D eigenvalue weighted by Crippen LogP contribution is -2.36. The molecule has 3 heterocycles. The molecule has 4 heteroatoms. The Morgan fingerprint density at radius 1 is 0.682 bits per heavy atom. The van der Waals surface area contributed by atoms with E-state index in [0.717, 1.165) is 45.2 Å². The first-order valence-corrected chi connectivity index (χ1v) is 9.17. The van der Waals surface area contributed by atoms with E-state index in [1.54, 1.807) is 0 Å². The Hall–Kier alpha value is -0.160. The van der Waals surface area contributed by atoms with Gasteiger partial charge in [-0.15, -0.1) is 0 Å². The molecule has 0 aromatic rings. The van der Waals surface area contributed by atoms with Gasteiger partial charge < -0.3 is 18.9 Å². The van der Waals surface area contributed by atoms with E-state index in [-0.39, 0.29) is 6.29 Å². The Kier molecular flexibility index (Phi) is 6.14. The highest BCUT2D eigenvalue weighted by Crippen LogP contribution is 2.33. The first kappa shape index (κ1) is 16.7. The summed E-state index contributed by atoms with van der Waals surface area (Å²) in [6.45, 7) is 7.71. The first-order valence-electron chi connectivity index (χ1n) is 9.17. The average molecular weight is 312 g/mol. The molecule has 0 aromatic carbocycles. The van der Waals surface area contributed by atoms with Crippen LogP contribution in [0.15, 0.2) is 0 Å². The molecule has 0 aliphatic carbocycles. The van der Waals surface area contributed by atoms with Gasteiger partial charge in [0.05, 0.1) is 38.6 Å². The van der Waals surface area contributed by atoms with Crippen LogP contribution in [0.3, 0.4) is 0 Å². The van der Waals surface area contributed by atoms with Crippen LogP contribution in [0.25, 0.3) is 0 Å². The molecule has 22 heavy (non-hydrogen) atoms. The van der Waals surface area contributed by atoms with E-state index < -0.39 is 0 Å². The normalized spacial score (nSPS) is 43.9. The van der Waals surface area contributed by atoms with Gasteiger partial charge >= 0.3 is 0 Å². The zero-order valence-corrected chi connectivity index (χ0v) is 14.2. The minimum Gasteiger partial charge on any atom is -0.378 e. The molecule has 0 radical (unpaired) electrons. The average Bonchev–Trinajstić information content (AvgIpc) is 2.56. The molecule has 0 bridgehead atoms. The summed E-state index contributed by atoms with van der Waals surface area (Å²) in [6.07, 6.45) is 8.23. The van der Waals surface area contributed by atoms with Gasteiger partial charge in [0.2, 0.25) is 0 Å². The summed E-state index contributed by atoms with van der Waals surface area (Å²) < 4.78 is 23.1. The van der Waals surface area contributed by atoms with Crippen molar-refractivity contribution < 1.29 is 18.9 Å². The number of hydrogen-bond donors (Lipinski definition) is 0. The lowest BCUT2D eigenvalue weighted by atomic mass is 9.81. The highest BCUT2D eigenvalue weighted by atomic mass is 16.7. The monoisotopic (exact) mass is 312 g/mol.